The molecule has 27 heavy (non-hydrogen) atoms. The summed E-state index contributed by atoms with van der Waals surface area (Å²) in [5.41, 5.74) is 0. The van der Waals surface area contributed by atoms with Gasteiger partial charge in [-0.3, -0.25) is 4.79 Å². The zero-order valence-electron chi connectivity index (χ0n) is 15.2. The van der Waals surface area contributed by atoms with Crippen LogP contribution in [-0.2, 0) is 14.8 Å². The molecule has 148 valence electrons. The van der Waals surface area contributed by atoms with Gasteiger partial charge in [-0.05, 0) is 56.1 Å². The van der Waals surface area contributed by atoms with Crippen LogP contribution in [0.4, 0.5) is 0 Å². The van der Waals surface area contributed by atoms with E-state index < -0.39 is 22.1 Å². The molecule has 0 heterocycles. The van der Waals surface area contributed by atoms with Crippen LogP contribution in [0.25, 0.3) is 0 Å². The first-order valence-electron chi connectivity index (χ1n) is 9.50. The molecular formula is C20H27NO5S. The summed E-state index contributed by atoms with van der Waals surface area (Å²) >= 11 is 0. The lowest BCUT2D eigenvalue weighted by molar-refractivity contribution is -0.137. The van der Waals surface area contributed by atoms with Gasteiger partial charge in [0.15, 0.2) is 0 Å². The largest absolute Gasteiger partial charge is 0.481 e. The number of aliphatic hydroxyl groups excluding tert-OH is 1. The second kappa shape index (κ2) is 8.54. The van der Waals surface area contributed by atoms with Crippen LogP contribution in [0.5, 0.6) is 0 Å². The van der Waals surface area contributed by atoms with Gasteiger partial charge in [-0.2, -0.15) is 0 Å². The van der Waals surface area contributed by atoms with Crippen LogP contribution in [0.2, 0.25) is 0 Å². The molecule has 0 saturated heterocycles. The number of carboxylic acids is 1. The number of hydrogen-bond acceptors (Lipinski definition) is 4. The fourth-order valence-corrected chi connectivity index (χ4v) is 5.90. The summed E-state index contributed by atoms with van der Waals surface area (Å²) in [6.07, 6.45) is 7.34. The Morgan fingerprint density at radius 3 is 2.63 bits per heavy atom. The predicted octanol–water partition coefficient (Wildman–Crippen LogP) is 2.55. The first kappa shape index (κ1) is 20.0. The number of nitrogens with one attached hydrogen (secondary N) is 1. The summed E-state index contributed by atoms with van der Waals surface area (Å²) in [5.74, 6) is -0.357. The minimum atomic E-state index is -3.62. The predicted molar refractivity (Wildman–Crippen MR) is 102 cm³/mol. The van der Waals surface area contributed by atoms with Crippen LogP contribution < -0.4 is 4.72 Å². The fourth-order valence-electron chi connectivity index (χ4n) is 4.54. The Balaban J connectivity index is 1.64. The third-order valence-electron chi connectivity index (χ3n) is 5.82. The first-order valence-corrected chi connectivity index (χ1v) is 11.0. The Morgan fingerprint density at radius 2 is 1.93 bits per heavy atom. The number of unbranched alkanes of at least 4 members (excludes halogenated alkanes) is 1. The number of fused-ring (bicyclic) bond motifs is 2. The Kier molecular flexibility index (Phi) is 6.34. The second-order valence-corrected chi connectivity index (χ2v) is 9.29. The second-order valence-electron chi connectivity index (χ2n) is 7.58. The van der Waals surface area contributed by atoms with E-state index in [0.717, 1.165) is 19.3 Å². The maximum absolute atomic E-state index is 12.7. The summed E-state index contributed by atoms with van der Waals surface area (Å²) in [5, 5.41) is 18.9. The maximum Gasteiger partial charge on any atom is 0.303 e. The van der Waals surface area contributed by atoms with Gasteiger partial charge in [-0.1, -0.05) is 30.4 Å². The highest BCUT2D eigenvalue weighted by molar-refractivity contribution is 7.89. The van der Waals surface area contributed by atoms with Crippen molar-refractivity contribution in [3.05, 3.63) is 42.5 Å². The Bertz CT molecular complexity index is 777. The molecule has 5 atom stereocenters. The van der Waals surface area contributed by atoms with Crippen molar-refractivity contribution in [1.29, 1.82) is 0 Å². The topological polar surface area (TPSA) is 104 Å². The van der Waals surface area contributed by atoms with Gasteiger partial charge in [0.2, 0.25) is 10.0 Å². The molecule has 1 aromatic carbocycles. The molecule has 2 fully saturated rings. The SMILES string of the molecule is O=C(O)CCC/C=C\C[C@H]1[C@@H]2C[C@H]([C@@H]1NS(=O)(=O)c1ccccc1)[C@H](O)C2. The van der Waals surface area contributed by atoms with E-state index in [1.165, 1.54) is 0 Å². The number of carbonyl (C=O) groups is 1. The number of aliphatic hydroxyl groups is 1. The van der Waals surface area contributed by atoms with Gasteiger partial charge in [0, 0.05) is 18.4 Å². The molecule has 3 rings (SSSR count). The zero-order valence-corrected chi connectivity index (χ0v) is 16.0. The van der Waals surface area contributed by atoms with Gasteiger partial charge in [-0.25, -0.2) is 13.1 Å². The van der Waals surface area contributed by atoms with Crippen molar-refractivity contribution in [1.82, 2.24) is 4.72 Å². The van der Waals surface area contributed by atoms with Crippen LogP contribution in [0.15, 0.2) is 47.4 Å². The molecule has 2 aliphatic carbocycles. The monoisotopic (exact) mass is 393 g/mol. The van der Waals surface area contributed by atoms with Gasteiger partial charge in [0.1, 0.15) is 0 Å². The molecule has 0 radical (unpaired) electrons. The first-order chi connectivity index (χ1) is 12.9. The summed E-state index contributed by atoms with van der Waals surface area (Å²) < 4.78 is 28.3. The average molecular weight is 394 g/mol. The van der Waals surface area contributed by atoms with E-state index in [9.17, 15) is 18.3 Å². The zero-order chi connectivity index (χ0) is 19.4. The van der Waals surface area contributed by atoms with Crippen molar-refractivity contribution in [2.75, 3.05) is 0 Å². The average Bonchev–Trinajstić information content (AvgIpc) is 3.15. The molecule has 7 heteroatoms. The quantitative estimate of drug-likeness (QED) is 0.442. The van der Waals surface area contributed by atoms with Crippen molar-refractivity contribution < 1.29 is 23.4 Å². The highest BCUT2D eigenvalue weighted by Crippen LogP contribution is 2.50. The van der Waals surface area contributed by atoms with Crippen LogP contribution in [0.3, 0.4) is 0 Å². The van der Waals surface area contributed by atoms with Crippen molar-refractivity contribution in [3.63, 3.8) is 0 Å². The van der Waals surface area contributed by atoms with Crippen LogP contribution in [0.1, 0.15) is 38.5 Å². The molecule has 2 aliphatic rings. The van der Waals surface area contributed by atoms with E-state index in [2.05, 4.69) is 4.72 Å². The van der Waals surface area contributed by atoms with Gasteiger partial charge in [0.25, 0.3) is 0 Å². The van der Waals surface area contributed by atoms with Crippen LogP contribution in [-0.4, -0.2) is 36.7 Å². The highest BCUT2D eigenvalue weighted by Gasteiger charge is 2.52. The normalized spacial score (nSPS) is 30.2. The molecular weight excluding hydrogens is 366 g/mol. The summed E-state index contributed by atoms with van der Waals surface area (Å²) in [6.45, 7) is 0. The summed E-state index contributed by atoms with van der Waals surface area (Å²) in [4.78, 5) is 10.8. The fraction of sp³-hybridized carbons (Fsp3) is 0.550. The Morgan fingerprint density at radius 1 is 1.19 bits per heavy atom. The molecule has 0 aromatic heterocycles. The molecule has 2 saturated carbocycles. The summed E-state index contributed by atoms with van der Waals surface area (Å²) in [6, 6.07) is 8.04. The van der Waals surface area contributed by atoms with Gasteiger partial charge in [0.05, 0.1) is 11.0 Å². The van der Waals surface area contributed by atoms with E-state index in [0.29, 0.717) is 18.8 Å². The van der Waals surface area contributed by atoms with Crippen molar-refractivity contribution in [2.45, 2.75) is 55.6 Å². The maximum atomic E-state index is 12.7. The molecule has 0 amide bonds. The lowest BCUT2D eigenvalue weighted by Gasteiger charge is -2.33. The number of sulfonamides is 1. The van der Waals surface area contributed by atoms with E-state index >= 15 is 0 Å². The molecule has 0 spiro atoms. The Hall–Kier alpha value is -1.70. The Labute approximate surface area is 160 Å². The van der Waals surface area contributed by atoms with Crippen molar-refractivity contribution in [2.24, 2.45) is 17.8 Å². The number of aliphatic carboxylic acids is 1. The molecule has 0 unspecified atom stereocenters. The molecule has 3 N–H and O–H groups in total. The van der Waals surface area contributed by atoms with E-state index in [1.807, 2.05) is 12.2 Å². The van der Waals surface area contributed by atoms with Crippen molar-refractivity contribution in [3.8, 4) is 0 Å². The number of hydrogen-bond donors (Lipinski definition) is 3. The van der Waals surface area contributed by atoms with E-state index in [-0.39, 0.29) is 29.2 Å². The minimum Gasteiger partial charge on any atom is -0.481 e. The molecule has 1 aromatic rings. The molecule has 0 aliphatic heterocycles. The number of allylic oxidation sites excluding steroid dienone is 2. The van der Waals surface area contributed by atoms with Gasteiger partial charge < -0.3 is 10.2 Å². The third kappa shape index (κ3) is 4.78. The number of rotatable bonds is 9. The van der Waals surface area contributed by atoms with Crippen LogP contribution in [0, 0.1) is 17.8 Å². The number of benzene rings is 1. The highest BCUT2D eigenvalue weighted by atomic mass is 32.2. The van der Waals surface area contributed by atoms with Crippen molar-refractivity contribution >= 4 is 16.0 Å². The molecule has 6 nitrogen and oxygen atoms in total. The van der Waals surface area contributed by atoms with E-state index in [4.69, 9.17) is 5.11 Å². The standard InChI is InChI=1S/C20H27NO5S/c22-18-13-14-12-17(18)20(16(14)10-6-1-2-7-11-19(23)24)21-27(25,26)15-8-4-3-5-9-15/h1,3-6,8-9,14,16-18,20-22H,2,7,10-13H2,(H,23,24)/b6-1-/t14-,16+,17+,18-,20-/m1/s1. The smallest absolute Gasteiger partial charge is 0.303 e. The van der Waals surface area contributed by atoms with Crippen LogP contribution >= 0.6 is 0 Å². The minimum absolute atomic E-state index is 0.0427. The summed E-state index contributed by atoms with van der Waals surface area (Å²) in [7, 11) is -3.62. The van der Waals surface area contributed by atoms with Gasteiger partial charge in [-0.15, -0.1) is 0 Å². The molecule has 2 bridgehead atoms. The van der Waals surface area contributed by atoms with Gasteiger partial charge >= 0.3 is 5.97 Å². The number of carboxylic acid groups (broad SMARTS) is 1. The van der Waals surface area contributed by atoms with E-state index in [1.54, 1.807) is 30.3 Å². The lowest BCUT2D eigenvalue weighted by atomic mass is 9.81. The third-order valence-corrected chi connectivity index (χ3v) is 7.30. The lowest BCUT2D eigenvalue weighted by Crippen LogP contribution is -2.47.